The second-order valence-electron chi connectivity index (χ2n) is 4.93. The number of aromatic nitrogens is 1. The molecule has 0 unspecified atom stereocenters. The van der Waals surface area contributed by atoms with E-state index in [1.165, 1.54) is 5.56 Å². The summed E-state index contributed by atoms with van der Waals surface area (Å²) in [7, 11) is 2.03. The minimum atomic E-state index is 0.264. The first-order chi connectivity index (χ1) is 8.45. The number of hydrogen-bond donors (Lipinski definition) is 1. The van der Waals surface area contributed by atoms with E-state index >= 15 is 0 Å². The highest BCUT2D eigenvalue weighted by Gasteiger charge is 2.11. The molecule has 4 heteroatoms. The van der Waals surface area contributed by atoms with Gasteiger partial charge in [-0.1, -0.05) is 0 Å². The Morgan fingerprint density at radius 1 is 1.39 bits per heavy atom. The molecule has 0 fully saturated rings. The van der Waals surface area contributed by atoms with Gasteiger partial charge in [0.15, 0.2) is 0 Å². The number of likely N-dealkylation sites (N-methyl/N-ethyl adjacent to an activating group) is 1. The van der Waals surface area contributed by atoms with Crippen LogP contribution in [0.15, 0.2) is 6.07 Å². The third-order valence-corrected chi connectivity index (χ3v) is 2.90. The number of nitrogens with zero attached hydrogens (tertiary/aromatic N) is 2. The van der Waals surface area contributed by atoms with E-state index in [4.69, 9.17) is 10.5 Å². The second kappa shape index (κ2) is 6.71. The Balaban J connectivity index is 2.80. The van der Waals surface area contributed by atoms with Crippen LogP contribution < -0.4 is 10.6 Å². The number of ether oxygens (including phenoxy) is 1. The van der Waals surface area contributed by atoms with Gasteiger partial charge in [0.1, 0.15) is 5.82 Å². The quantitative estimate of drug-likeness (QED) is 0.840. The normalized spacial score (nSPS) is 11.1. The van der Waals surface area contributed by atoms with Gasteiger partial charge in [0.2, 0.25) is 0 Å². The van der Waals surface area contributed by atoms with Crippen molar-refractivity contribution in [3.8, 4) is 0 Å². The second-order valence-corrected chi connectivity index (χ2v) is 4.93. The molecule has 1 rings (SSSR count). The summed E-state index contributed by atoms with van der Waals surface area (Å²) in [5.74, 6) is 0.974. The van der Waals surface area contributed by atoms with E-state index in [0.29, 0.717) is 13.2 Å². The summed E-state index contributed by atoms with van der Waals surface area (Å²) in [6.45, 7) is 10.2. The minimum absolute atomic E-state index is 0.264. The molecule has 0 aliphatic carbocycles. The molecule has 0 radical (unpaired) electrons. The van der Waals surface area contributed by atoms with Crippen molar-refractivity contribution in [2.24, 2.45) is 5.73 Å². The lowest BCUT2D eigenvalue weighted by Gasteiger charge is -2.23. The fourth-order valence-corrected chi connectivity index (χ4v) is 1.94. The van der Waals surface area contributed by atoms with Crippen molar-refractivity contribution in [3.05, 3.63) is 22.9 Å². The lowest BCUT2D eigenvalue weighted by Crippen LogP contribution is -2.27. The van der Waals surface area contributed by atoms with Crippen molar-refractivity contribution in [1.82, 2.24) is 4.98 Å². The smallest absolute Gasteiger partial charge is 0.133 e. The summed E-state index contributed by atoms with van der Waals surface area (Å²) >= 11 is 0. The van der Waals surface area contributed by atoms with Gasteiger partial charge < -0.3 is 15.4 Å². The van der Waals surface area contributed by atoms with Gasteiger partial charge in [0.25, 0.3) is 0 Å². The average molecular weight is 251 g/mol. The SMILES string of the molecule is Cc1cc(C)c(CN)c(N(C)CCOC(C)C)n1. The first kappa shape index (κ1) is 14.9. The fourth-order valence-electron chi connectivity index (χ4n) is 1.94. The molecule has 2 N–H and O–H groups in total. The topological polar surface area (TPSA) is 51.4 Å². The van der Waals surface area contributed by atoms with Crippen molar-refractivity contribution in [2.75, 3.05) is 25.1 Å². The van der Waals surface area contributed by atoms with Crippen LogP contribution in [-0.2, 0) is 11.3 Å². The summed E-state index contributed by atoms with van der Waals surface area (Å²) in [5, 5.41) is 0. The van der Waals surface area contributed by atoms with Crippen LogP contribution in [0, 0.1) is 13.8 Å². The van der Waals surface area contributed by atoms with Crippen LogP contribution in [0.25, 0.3) is 0 Å². The van der Waals surface area contributed by atoms with Crippen LogP contribution >= 0.6 is 0 Å². The zero-order valence-electron chi connectivity index (χ0n) is 12.2. The highest BCUT2D eigenvalue weighted by Crippen LogP contribution is 2.21. The van der Waals surface area contributed by atoms with Crippen LogP contribution in [0.5, 0.6) is 0 Å². The Kier molecular flexibility index (Phi) is 5.56. The Bertz CT molecular complexity index is 391. The maximum absolute atomic E-state index is 5.82. The molecule has 0 saturated heterocycles. The third kappa shape index (κ3) is 3.96. The average Bonchev–Trinajstić information content (AvgIpc) is 2.27. The van der Waals surface area contributed by atoms with Gasteiger partial charge in [-0.25, -0.2) is 4.98 Å². The molecule has 18 heavy (non-hydrogen) atoms. The summed E-state index contributed by atoms with van der Waals surface area (Å²) < 4.78 is 5.57. The van der Waals surface area contributed by atoms with E-state index < -0.39 is 0 Å². The molecular formula is C14H25N3O. The molecule has 4 nitrogen and oxygen atoms in total. The van der Waals surface area contributed by atoms with Crippen molar-refractivity contribution in [2.45, 2.75) is 40.3 Å². The van der Waals surface area contributed by atoms with E-state index in [9.17, 15) is 0 Å². The van der Waals surface area contributed by atoms with Gasteiger partial charge in [0, 0.05) is 31.4 Å². The molecule has 0 saturated carbocycles. The molecule has 0 spiro atoms. The maximum Gasteiger partial charge on any atom is 0.133 e. The van der Waals surface area contributed by atoms with E-state index in [2.05, 4.69) is 22.9 Å². The molecule has 0 atom stereocenters. The molecule has 1 aromatic heterocycles. The van der Waals surface area contributed by atoms with E-state index in [-0.39, 0.29) is 6.10 Å². The van der Waals surface area contributed by atoms with Gasteiger partial charge in [0.05, 0.1) is 12.7 Å². The van der Waals surface area contributed by atoms with Crippen molar-refractivity contribution >= 4 is 5.82 Å². The molecule has 0 bridgehead atoms. The van der Waals surface area contributed by atoms with Gasteiger partial charge >= 0.3 is 0 Å². The van der Waals surface area contributed by atoms with Gasteiger partial charge in [-0.15, -0.1) is 0 Å². The van der Waals surface area contributed by atoms with Crippen LogP contribution in [-0.4, -0.2) is 31.3 Å². The molecule has 102 valence electrons. The summed E-state index contributed by atoms with van der Waals surface area (Å²) in [4.78, 5) is 6.71. The predicted molar refractivity (Wildman–Crippen MR) is 76.0 cm³/mol. The highest BCUT2D eigenvalue weighted by atomic mass is 16.5. The minimum Gasteiger partial charge on any atom is -0.377 e. The van der Waals surface area contributed by atoms with Gasteiger partial charge in [-0.3, -0.25) is 0 Å². The number of hydrogen-bond acceptors (Lipinski definition) is 4. The first-order valence-electron chi connectivity index (χ1n) is 6.45. The van der Waals surface area contributed by atoms with Crippen LogP contribution in [0.2, 0.25) is 0 Å². The number of rotatable bonds is 6. The molecular weight excluding hydrogens is 226 g/mol. The standard InChI is InChI=1S/C14H25N3O/c1-10(2)18-7-6-17(5)14-13(9-15)11(3)8-12(4)16-14/h8,10H,6-7,9,15H2,1-5H3. The largest absolute Gasteiger partial charge is 0.377 e. The summed E-state index contributed by atoms with van der Waals surface area (Å²) in [6, 6.07) is 2.07. The predicted octanol–water partition coefficient (Wildman–Crippen LogP) is 2.02. The number of anilines is 1. The van der Waals surface area contributed by atoms with E-state index in [1.54, 1.807) is 0 Å². The van der Waals surface area contributed by atoms with Crippen LogP contribution in [0.3, 0.4) is 0 Å². The number of aryl methyl sites for hydroxylation is 2. The maximum atomic E-state index is 5.82. The van der Waals surface area contributed by atoms with Crippen molar-refractivity contribution < 1.29 is 4.74 Å². The summed E-state index contributed by atoms with van der Waals surface area (Å²) in [6.07, 6.45) is 0.264. The molecule has 0 amide bonds. The number of nitrogens with two attached hydrogens (primary N) is 1. The van der Waals surface area contributed by atoms with Crippen molar-refractivity contribution in [1.29, 1.82) is 0 Å². The zero-order valence-corrected chi connectivity index (χ0v) is 12.2. The molecule has 0 aliphatic heterocycles. The monoisotopic (exact) mass is 251 g/mol. The summed E-state index contributed by atoms with van der Waals surface area (Å²) in [5.41, 5.74) is 9.17. The fraction of sp³-hybridized carbons (Fsp3) is 0.643. The lowest BCUT2D eigenvalue weighted by atomic mass is 10.1. The van der Waals surface area contributed by atoms with Gasteiger partial charge in [-0.05, 0) is 39.3 Å². The highest BCUT2D eigenvalue weighted by molar-refractivity contribution is 5.51. The first-order valence-corrected chi connectivity index (χ1v) is 6.45. The Morgan fingerprint density at radius 2 is 2.06 bits per heavy atom. The molecule has 1 aromatic rings. The Hall–Kier alpha value is -1.13. The number of pyridine rings is 1. The van der Waals surface area contributed by atoms with Crippen LogP contribution in [0.1, 0.15) is 30.7 Å². The van der Waals surface area contributed by atoms with E-state index in [0.717, 1.165) is 23.6 Å². The Morgan fingerprint density at radius 3 is 2.61 bits per heavy atom. The zero-order chi connectivity index (χ0) is 13.7. The lowest BCUT2D eigenvalue weighted by molar-refractivity contribution is 0.0845. The van der Waals surface area contributed by atoms with E-state index in [1.807, 2.05) is 27.8 Å². The van der Waals surface area contributed by atoms with Gasteiger partial charge in [-0.2, -0.15) is 0 Å². The van der Waals surface area contributed by atoms with Crippen molar-refractivity contribution in [3.63, 3.8) is 0 Å². The molecule has 0 aliphatic rings. The molecule has 0 aromatic carbocycles. The third-order valence-electron chi connectivity index (χ3n) is 2.90. The Labute approximate surface area is 110 Å². The molecule has 1 heterocycles. The van der Waals surface area contributed by atoms with Crippen LogP contribution in [0.4, 0.5) is 5.82 Å².